The summed E-state index contributed by atoms with van der Waals surface area (Å²) in [5, 5.41) is 11.6. The van der Waals surface area contributed by atoms with Gasteiger partial charge in [-0.3, -0.25) is 4.79 Å². The van der Waals surface area contributed by atoms with Crippen molar-refractivity contribution < 1.29 is 4.79 Å². The highest BCUT2D eigenvalue weighted by molar-refractivity contribution is 6.03. The quantitative estimate of drug-likeness (QED) is 0.935. The molecule has 2 aromatic rings. The van der Waals surface area contributed by atoms with E-state index in [4.69, 9.17) is 5.26 Å². The molecule has 1 aliphatic heterocycles. The second kappa shape index (κ2) is 7.11. The molecule has 6 heteroatoms. The zero-order chi connectivity index (χ0) is 16.9. The summed E-state index contributed by atoms with van der Waals surface area (Å²) in [5.41, 5.74) is 2.10. The molecule has 0 radical (unpaired) electrons. The van der Waals surface area contributed by atoms with Crippen molar-refractivity contribution in [3.8, 4) is 6.07 Å². The Morgan fingerprint density at radius 3 is 2.42 bits per heavy atom. The molecule has 2 heterocycles. The van der Waals surface area contributed by atoms with Gasteiger partial charge in [0, 0.05) is 31.7 Å². The number of nitrogens with zero attached hydrogens (tertiary/aromatic N) is 4. The second-order valence-corrected chi connectivity index (χ2v) is 5.84. The number of hydrogen-bond acceptors (Lipinski definition) is 5. The van der Waals surface area contributed by atoms with Crippen molar-refractivity contribution in [2.75, 3.05) is 43.4 Å². The zero-order valence-corrected chi connectivity index (χ0v) is 13.6. The SMILES string of the molecule is CN1CCN(c2ccc(NC(=O)c3ccc(C#N)cc3)nc2)CC1. The Balaban J connectivity index is 1.63. The standard InChI is InChI=1S/C18H19N5O/c1-22-8-10-23(11-9-22)16-6-7-17(20-13-16)21-18(24)15-4-2-14(12-19)3-5-15/h2-7,13H,8-11H2,1H3,(H,20,21,24). The summed E-state index contributed by atoms with van der Waals surface area (Å²) in [6.07, 6.45) is 1.79. The number of likely N-dealkylation sites (N-methyl/N-ethyl adjacent to an activating group) is 1. The highest BCUT2D eigenvalue weighted by Gasteiger charge is 2.14. The average molecular weight is 321 g/mol. The average Bonchev–Trinajstić information content (AvgIpc) is 2.63. The number of carbonyl (C=O) groups excluding carboxylic acids is 1. The molecular weight excluding hydrogens is 302 g/mol. The van der Waals surface area contributed by atoms with Crippen LogP contribution in [-0.4, -0.2) is 49.0 Å². The van der Waals surface area contributed by atoms with Crippen molar-refractivity contribution in [2.45, 2.75) is 0 Å². The van der Waals surface area contributed by atoms with Gasteiger partial charge in [0.15, 0.2) is 0 Å². The van der Waals surface area contributed by atoms with Gasteiger partial charge in [-0.05, 0) is 43.4 Å². The number of carbonyl (C=O) groups is 1. The van der Waals surface area contributed by atoms with Crippen LogP contribution in [0.3, 0.4) is 0 Å². The van der Waals surface area contributed by atoms with Gasteiger partial charge in [0.1, 0.15) is 5.82 Å². The third kappa shape index (κ3) is 3.70. The van der Waals surface area contributed by atoms with Gasteiger partial charge < -0.3 is 15.1 Å². The molecule has 0 atom stereocenters. The van der Waals surface area contributed by atoms with Crippen LogP contribution in [0.25, 0.3) is 0 Å². The number of anilines is 2. The molecule has 0 aliphatic carbocycles. The number of piperazine rings is 1. The molecule has 1 fully saturated rings. The van der Waals surface area contributed by atoms with Crippen LogP contribution < -0.4 is 10.2 Å². The van der Waals surface area contributed by atoms with Crippen molar-refractivity contribution in [3.63, 3.8) is 0 Å². The van der Waals surface area contributed by atoms with Crippen LogP contribution in [0.4, 0.5) is 11.5 Å². The summed E-state index contributed by atoms with van der Waals surface area (Å²) in [6.45, 7) is 4.04. The first-order chi connectivity index (χ1) is 11.7. The molecule has 1 N–H and O–H groups in total. The lowest BCUT2D eigenvalue weighted by molar-refractivity contribution is 0.102. The summed E-state index contributed by atoms with van der Waals surface area (Å²) in [4.78, 5) is 21.1. The van der Waals surface area contributed by atoms with E-state index in [9.17, 15) is 4.79 Å². The van der Waals surface area contributed by atoms with Gasteiger partial charge >= 0.3 is 0 Å². The van der Waals surface area contributed by atoms with Crippen molar-refractivity contribution in [3.05, 3.63) is 53.7 Å². The molecule has 0 spiro atoms. The number of amides is 1. The lowest BCUT2D eigenvalue weighted by Crippen LogP contribution is -2.44. The van der Waals surface area contributed by atoms with Crippen molar-refractivity contribution in [1.29, 1.82) is 5.26 Å². The minimum atomic E-state index is -0.237. The summed E-state index contributed by atoms with van der Waals surface area (Å²) < 4.78 is 0. The van der Waals surface area contributed by atoms with Crippen LogP contribution in [0.1, 0.15) is 15.9 Å². The fraction of sp³-hybridized carbons (Fsp3) is 0.278. The molecule has 3 rings (SSSR count). The Morgan fingerprint density at radius 2 is 1.83 bits per heavy atom. The predicted octanol–water partition coefficient (Wildman–Crippen LogP) is 1.96. The fourth-order valence-corrected chi connectivity index (χ4v) is 2.60. The molecular formula is C18H19N5O. The van der Waals surface area contributed by atoms with Gasteiger partial charge in [-0.2, -0.15) is 5.26 Å². The Labute approximate surface area is 141 Å². The lowest BCUT2D eigenvalue weighted by atomic mass is 10.1. The highest BCUT2D eigenvalue weighted by atomic mass is 16.1. The number of rotatable bonds is 3. The second-order valence-electron chi connectivity index (χ2n) is 5.84. The van der Waals surface area contributed by atoms with Crippen LogP contribution in [0.5, 0.6) is 0 Å². The monoisotopic (exact) mass is 321 g/mol. The molecule has 1 saturated heterocycles. The number of aromatic nitrogens is 1. The van der Waals surface area contributed by atoms with Gasteiger partial charge in [0.05, 0.1) is 23.5 Å². The maximum Gasteiger partial charge on any atom is 0.256 e. The third-order valence-corrected chi connectivity index (χ3v) is 4.13. The number of hydrogen-bond donors (Lipinski definition) is 1. The van der Waals surface area contributed by atoms with Crippen molar-refractivity contribution in [1.82, 2.24) is 9.88 Å². The Hall–Kier alpha value is -2.91. The van der Waals surface area contributed by atoms with Crippen LogP contribution in [0, 0.1) is 11.3 Å². The number of nitriles is 1. The van der Waals surface area contributed by atoms with Crippen LogP contribution in [-0.2, 0) is 0 Å². The van der Waals surface area contributed by atoms with Crippen LogP contribution >= 0.6 is 0 Å². The lowest BCUT2D eigenvalue weighted by Gasteiger charge is -2.33. The smallest absolute Gasteiger partial charge is 0.256 e. The first-order valence-electron chi connectivity index (χ1n) is 7.87. The number of nitrogens with one attached hydrogen (secondary N) is 1. The summed E-state index contributed by atoms with van der Waals surface area (Å²) >= 11 is 0. The first-order valence-corrected chi connectivity index (χ1v) is 7.87. The van der Waals surface area contributed by atoms with E-state index in [-0.39, 0.29) is 5.91 Å². The normalized spacial score (nSPS) is 14.9. The largest absolute Gasteiger partial charge is 0.368 e. The highest BCUT2D eigenvalue weighted by Crippen LogP contribution is 2.17. The van der Waals surface area contributed by atoms with Crippen molar-refractivity contribution in [2.24, 2.45) is 0 Å². The molecule has 1 aliphatic rings. The topological polar surface area (TPSA) is 72.3 Å². The minimum absolute atomic E-state index is 0.237. The van der Waals surface area contributed by atoms with Crippen molar-refractivity contribution >= 4 is 17.4 Å². The molecule has 1 aromatic heterocycles. The fourth-order valence-electron chi connectivity index (χ4n) is 2.60. The Kier molecular flexibility index (Phi) is 4.73. The number of pyridine rings is 1. The number of benzene rings is 1. The summed E-state index contributed by atoms with van der Waals surface area (Å²) in [5.74, 6) is 0.279. The van der Waals surface area contributed by atoms with Gasteiger partial charge in [0.25, 0.3) is 5.91 Å². The van der Waals surface area contributed by atoms with E-state index in [1.165, 1.54) is 0 Å². The molecule has 6 nitrogen and oxygen atoms in total. The van der Waals surface area contributed by atoms with E-state index in [1.807, 2.05) is 18.2 Å². The molecule has 0 saturated carbocycles. The van der Waals surface area contributed by atoms with E-state index >= 15 is 0 Å². The van der Waals surface area contributed by atoms with Crippen LogP contribution in [0.2, 0.25) is 0 Å². The molecule has 0 unspecified atom stereocenters. The Bertz CT molecular complexity index is 740. The molecule has 0 bridgehead atoms. The van der Waals surface area contributed by atoms with E-state index in [2.05, 4.69) is 27.1 Å². The van der Waals surface area contributed by atoms with Gasteiger partial charge in [-0.1, -0.05) is 0 Å². The first kappa shape index (κ1) is 16.0. The molecule has 1 amide bonds. The van der Waals surface area contributed by atoms with Gasteiger partial charge in [-0.15, -0.1) is 0 Å². The summed E-state index contributed by atoms with van der Waals surface area (Å²) in [7, 11) is 2.12. The van der Waals surface area contributed by atoms with E-state index < -0.39 is 0 Å². The molecule has 1 aromatic carbocycles. The van der Waals surface area contributed by atoms with Gasteiger partial charge in [0.2, 0.25) is 0 Å². The molecule has 122 valence electrons. The Morgan fingerprint density at radius 1 is 1.12 bits per heavy atom. The summed E-state index contributed by atoms with van der Waals surface area (Å²) in [6, 6.07) is 12.3. The van der Waals surface area contributed by atoms with Gasteiger partial charge in [-0.25, -0.2) is 4.98 Å². The maximum absolute atomic E-state index is 12.2. The van der Waals surface area contributed by atoms with E-state index in [0.717, 1.165) is 31.9 Å². The van der Waals surface area contributed by atoms with E-state index in [0.29, 0.717) is 16.9 Å². The third-order valence-electron chi connectivity index (χ3n) is 4.13. The minimum Gasteiger partial charge on any atom is -0.368 e. The predicted molar refractivity (Wildman–Crippen MR) is 93.1 cm³/mol. The maximum atomic E-state index is 12.2. The van der Waals surface area contributed by atoms with E-state index in [1.54, 1.807) is 30.5 Å². The molecule has 24 heavy (non-hydrogen) atoms. The van der Waals surface area contributed by atoms with Crippen LogP contribution in [0.15, 0.2) is 42.6 Å². The zero-order valence-electron chi connectivity index (χ0n) is 13.6.